The van der Waals surface area contributed by atoms with E-state index in [1.807, 2.05) is 0 Å². The maximum Gasteiger partial charge on any atom is 0.286 e. The third kappa shape index (κ3) is 4.16. The molecule has 154 valence electrons. The molecule has 2 aromatic carbocycles. The molecule has 0 radical (unpaired) electrons. The zero-order valence-electron chi connectivity index (χ0n) is 16.2. The average molecular weight is 426 g/mol. The van der Waals surface area contributed by atoms with Crippen LogP contribution in [-0.2, 0) is 0 Å². The van der Waals surface area contributed by atoms with Crippen molar-refractivity contribution in [2.45, 2.75) is 18.9 Å². The fourth-order valence-corrected chi connectivity index (χ4v) is 4.25. The smallest absolute Gasteiger partial charge is 0.286 e. The lowest BCUT2D eigenvalue weighted by Gasteiger charge is -2.23. The molecular weight excluding hydrogens is 407 g/mol. The van der Waals surface area contributed by atoms with Crippen molar-refractivity contribution < 1.29 is 18.7 Å². The Balaban J connectivity index is 1.49. The van der Waals surface area contributed by atoms with Gasteiger partial charge in [0.1, 0.15) is 16.6 Å². The van der Waals surface area contributed by atoms with Crippen LogP contribution in [0.25, 0.3) is 0 Å². The Hall–Kier alpha value is -3.33. The van der Waals surface area contributed by atoms with Crippen LogP contribution in [0.3, 0.4) is 0 Å². The molecule has 0 spiro atoms. The Labute approximate surface area is 176 Å². The van der Waals surface area contributed by atoms with Gasteiger partial charge >= 0.3 is 0 Å². The van der Waals surface area contributed by atoms with E-state index in [0.29, 0.717) is 28.6 Å². The molecular formula is C21H19FN4O3S. The number of aromatic nitrogens is 2. The Morgan fingerprint density at radius 1 is 1.20 bits per heavy atom. The summed E-state index contributed by atoms with van der Waals surface area (Å²) in [7, 11) is 1.56. The first kappa shape index (κ1) is 20.0. The second kappa shape index (κ2) is 8.58. The van der Waals surface area contributed by atoms with Gasteiger partial charge in [-0.15, -0.1) is 10.2 Å². The van der Waals surface area contributed by atoms with E-state index in [2.05, 4.69) is 15.5 Å². The van der Waals surface area contributed by atoms with Gasteiger partial charge in [0.2, 0.25) is 5.01 Å². The van der Waals surface area contributed by atoms with Crippen LogP contribution >= 0.6 is 11.3 Å². The highest BCUT2D eigenvalue weighted by molar-refractivity contribution is 7.13. The summed E-state index contributed by atoms with van der Waals surface area (Å²) in [6, 6.07) is 12.3. The molecule has 1 aliphatic heterocycles. The first-order valence-electron chi connectivity index (χ1n) is 9.40. The van der Waals surface area contributed by atoms with Gasteiger partial charge in [-0.05, 0) is 55.3 Å². The molecule has 2 amide bonds. The Bertz CT molecular complexity index is 1070. The van der Waals surface area contributed by atoms with Crippen molar-refractivity contribution in [3.8, 4) is 5.75 Å². The molecule has 0 saturated carbocycles. The summed E-state index contributed by atoms with van der Waals surface area (Å²) in [5, 5.41) is 11.6. The Morgan fingerprint density at radius 2 is 2.00 bits per heavy atom. The summed E-state index contributed by atoms with van der Waals surface area (Å²) in [5.74, 6) is -0.293. The molecule has 9 heteroatoms. The van der Waals surface area contributed by atoms with Gasteiger partial charge < -0.3 is 15.0 Å². The van der Waals surface area contributed by atoms with Crippen LogP contribution in [0.2, 0.25) is 0 Å². The van der Waals surface area contributed by atoms with Gasteiger partial charge in [-0.25, -0.2) is 4.39 Å². The normalized spacial score (nSPS) is 15.8. The number of likely N-dealkylation sites (tertiary alicyclic amines) is 1. The summed E-state index contributed by atoms with van der Waals surface area (Å²) in [5.41, 5.74) is 1.01. The lowest BCUT2D eigenvalue weighted by molar-refractivity contribution is 0.0734. The molecule has 1 aliphatic rings. The van der Waals surface area contributed by atoms with Crippen molar-refractivity contribution in [2.24, 2.45) is 0 Å². The van der Waals surface area contributed by atoms with E-state index in [9.17, 15) is 14.0 Å². The van der Waals surface area contributed by atoms with Gasteiger partial charge in [0, 0.05) is 17.8 Å². The molecule has 30 heavy (non-hydrogen) atoms. The molecule has 1 N–H and O–H groups in total. The maximum atomic E-state index is 13.0. The fraction of sp³-hybridized carbons (Fsp3) is 0.238. The van der Waals surface area contributed by atoms with Crippen LogP contribution in [0, 0.1) is 5.82 Å². The zero-order chi connectivity index (χ0) is 21.1. The number of anilines is 1. The second-order valence-electron chi connectivity index (χ2n) is 6.79. The van der Waals surface area contributed by atoms with Gasteiger partial charge in [-0.1, -0.05) is 17.4 Å². The minimum absolute atomic E-state index is 0.107. The van der Waals surface area contributed by atoms with Crippen LogP contribution in [-0.4, -0.2) is 40.6 Å². The number of amides is 2. The number of carbonyl (C=O) groups is 2. The number of ether oxygens (including phenoxy) is 1. The van der Waals surface area contributed by atoms with Crippen molar-refractivity contribution in [3.05, 3.63) is 69.9 Å². The number of rotatable bonds is 5. The molecule has 0 bridgehead atoms. The number of hydrogen-bond acceptors (Lipinski definition) is 6. The quantitative estimate of drug-likeness (QED) is 0.669. The molecule has 0 aliphatic carbocycles. The minimum Gasteiger partial charge on any atom is -0.497 e. The first-order valence-corrected chi connectivity index (χ1v) is 10.2. The number of halogens is 1. The minimum atomic E-state index is -0.422. The topological polar surface area (TPSA) is 84.4 Å². The molecule has 4 rings (SSSR count). The standard InChI is InChI=1S/C21H19FN4O3S/c1-29-16-5-2-4-13(12-16)21(28)26-11-3-6-17(26)19-24-25-20(30-19)18(27)23-15-9-7-14(22)8-10-15/h2,4-5,7-10,12,17H,3,6,11H2,1H3,(H,23,27). The molecule has 1 atom stereocenters. The predicted octanol–water partition coefficient (Wildman–Crippen LogP) is 3.92. The average Bonchev–Trinajstić information content (AvgIpc) is 3.44. The van der Waals surface area contributed by atoms with Crippen LogP contribution in [0.5, 0.6) is 5.75 Å². The number of nitrogens with one attached hydrogen (secondary N) is 1. The highest BCUT2D eigenvalue weighted by atomic mass is 32.1. The van der Waals surface area contributed by atoms with Gasteiger partial charge in [0.25, 0.3) is 11.8 Å². The van der Waals surface area contributed by atoms with E-state index in [4.69, 9.17) is 4.74 Å². The second-order valence-corrected chi connectivity index (χ2v) is 7.80. The third-order valence-corrected chi connectivity index (χ3v) is 5.88. The monoisotopic (exact) mass is 426 g/mol. The van der Waals surface area contributed by atoms with E-state index in [1.54, 1.807) is 36.3 Å². The lowest BCUT2D eigenvalue weighted by Crippen LogP contribution is -2.30. The highest BCUT2D eigenvalue weighted by Crippen LogP contribution is 2.35. The molecule has 1 unspecified atom stereocenters. The van der Waals surface area contributed by atoms with Crippen LogP contribution in [0.1, 0.15) is 44.1 Å². The largest absolute Gasteiger partial charge is 0.497 e. The summed E-state index contributed by atoms with van der Waals surface area (Å²) in [6.45, 7) is 0.609. The van der Waals surface area contributed by atoms with Gasteiger partial charge in [-0.3, -0.25) is 9.59 Å². The van der Waals surface area contributed by atoms with E-state index < -0.39 is 5.91 Å². The molecule has 1 saturated heterocycles. The van der Waals surface area contributed by atoms with E-state index in [-0.39, 0.29) is 22.8 Å². The Kier molecular flexibility index (Phi) is 5.71. The molecule has 1 fully saturated rings. The van der Waals surface area contributed by atoms with Gasteiger partial charge in [0.15, 0.2) is 0 Å². The van der Waals surface area contributed by atoms with Gasteiger partial charge in [-0.2, -0.15) is 0 Å². The first-order chi connectivity index (χ1) is 14.5. The molecule has 7 nitrogen and oxygen atoms in total. The SMILES string of the molecule is COc1cccc(C(=O)N2CCCC2c2nnc(C(=O)Nc3ccc(F)cc3)s2)c1. The van der Waals surface area contributed by atoms with Crippen LogP contribution in [0.15, 0.2) is 48.5 Å². The summed E-state index contributed by atoms with van der Waals surface area (Å²) in [4.78, 5) is 27.2. The van der Waals surface area contributed by atoms with Crippen molar-refractivity contribution in [3.63, 3.8) is 0 Å². The van der Waals surface area contributed by atoms with Crippen LogP contribution in [0.4, 0.5) is 10.1 Å². The number of nitrogens with zero attached hydrogens (tertiary/aromatic N) is 3. The predicted molar refractivity (Wildman–Crippen MR) is 110 cm³/mol. The van der Waals surface area contributed by atoms with Crippen LogP contribution < -0.4 is 10.1 Å². The maximum absolute atomic E-state index is 13.0. The third-order valence-electron chi connectivity index (χ3n) is 4.85. The van der Waals surface area contributed by atoms with Crippen molar-refractivity contribution in [1.29, 1.82) is 0 Å². The summed E-state index contributed by atoms with van der Waals surface area (Å²) in [6.07, 6.45) is 1.60. The molecule has 3 aromatic rings. The number of hydrogen-bond donors (Lipinski definition) is 1. The van der Waals surface area contributed by atoms with Crippen molar-refractivity contribution in [2.75, 3.05) is 19.0 Å². The fourth-order valence-electron chi connectivity index (χ4n) is 3.37. The van der Waals surface area contributed by atoms with E-state index in [1.165, 1.54) is 24.3 Å². The number of methoxy groups -OCH3 is 1. The number of carbonyl (C=O) groups excluding carboxylic acids is 2. The highest BCUT2D eigenvalue weighted by Gasteiger charge is 2.33. The number of benzene rings is 2. The van der Waals surface area contributed by atoms with Crippen molar-refractivity contribution >= 4 is 28.8 Å². The summed E-state index contributed by atoms with van der Waals surface area (Å²) >= 11 is 1.16. The van der Waals surface area contributed by atoms with E-state index in [0.717, 1.165) is 24.2 Å². The molecule has 2 heterocycles. The zero-order valence-corrected chi connectivity index (χ0v) is 17.0. The Morgan fingerprint density at radius 3 is 2.77 bits per heavy atom. The molecule has 1 aromatic heterocycles. The van der Waals surface area contributed by atoms with E-state index >= 15 is 0 Å². The lowest BCUT2D eigenvalue weighted by atomic mass is 10.1. The van der Waals surface area contributed by atoms with Gasteiger partial charge in [0.05, 0.1) is 13.2 Å². The van der Waals surface area contributed by atoms with Crippen molar-refractivity contribution in [1.82, 2.24) is 15.1 Å². The summed E-state index contributed by atoms with van der Waals surface area (Å²) < 4.78 is 18.2.